The van der Waals surface area contributed by atoms with Crippen molar-refractivity contribution in [1.82, 2.24) is 19.9 Å². The molecule has 2 fully saturated rings. The average Bonchev–Trinajstić information content (AvgIpc) is 2.88. The summed E-state index contributed by atoms with van der Waals surface area (Å²) in [6.07, 6.45) is 4.78. The number of likely N-dealkylation sites (N-methyl/N-ethyl adjacent to an activating group) is 1. The minimum atomic E-state index is 0.0736. The van der Waals surface area contributed by atoms with E-state index in [1.54, 1.807) is 12.0 Å². The predicted molar refractivity (Wildman–Crippen MR) is 91.5 cm³/mol. The molecule has 1 amide bonds. The highest BCUT2D eigenvalue weighted by molar-refractivity contribution is 5.82. The summed E-state index contributed by atoms with van der Waals surface area (Å²) in [5.74, 6) is 1.25. The van der Waals surface area contributed by atoms with E-state index in [-0.39, 0.29) is 18.5 Å². The number of methoxy groups -OCH3 is 1. The maximum atomic E-state index is 12.1. The van der Waals surface area contributed by atoms with Gasteiger partial charge in [-0.15, -0.1) is 0 Å². The van der Waals surface area contributed by atoms with Crippen LogP contribution in [-0.2, 0) is 4.79 Å². The van der Waals surface area contributed by atoms with Gasteiger partial charge in [0.15, 0.2) is 0 Å². The number of carbonyl (C=O) groups excluding carboxylic acids is 1. The lowest BCUT2D eigenvalue weighted by Crippen LogP contribution is -2.54. The number of carbonyl (C=O) groups is 1. The van der Waals surface area contributed by atoms with Gasteiger partial charge in [-0.3, -0.25) is 4.79 Å². The van der Waals surface area contributed by atoms with Crippen LogP contribution in [0.3, 0.4) is 0 Å². The zero-order chi connectivity index (χ0) is 17.1. The normalized spacial score (nSPS) is 22.5. The fourth-order valence-electron chi connectivity index (χ4n) is 3.16. The molecule has 0 aliphatic carbocycles. The first-order chi connectivity index (χ1) is 11.6. The summed E-state index contributed by atoms with van der Waals surface area (Å²) in [7, 11) is 3.39. The molecule has 0 unspecified atom stereocenters. The van der Waals surface area contributed by atoms with E-state index in [0.717, 1.165) is 25.9 Å². The van der Waals surface area contributed by atoms with Gasteiger partial charge in [-0.05, 0) is 19.8 Å². The van der Waals surface area contributed by atoms with Crippen LogP contribution in [0.15, 0.2) is 0 Å². The van der Waals surface area contributed by atoms with E-state index in [1.165, 1.54) is 12.8 Å². The van der Waals surface area contributed by atoms with Crippen LogP contribution in [0.4, 0.5) is 11.9 Å². The summed E-state index contributed by atoms with van der Waals surface area (Å²) in [5, 5.41) is 0. The summed E-state index contributed by atoms with van der Waals surface area (Å²) in [6.45, 7) is 4.91. The fraction of sp³-hybridized carbons (Fsp3) is 0.750. The molecule has 132 valence electrons. The van der Waals surface area contributed by atoms with Crippen LogP contribution >= 0.6 is 0 Å². The van der Waals surface area contributed by atoms with Crippen molar-refractivity contribution >= 4 is 17.8 Å². The van der Waals surface area contributed by atoms with Crippen LogP contribution in [0.1, 0.15) is 32.6 Å². The average molecular weight is 334 g/mol. The molecule has 2 aliphatic heterocycles. The molecule has 0 spiro atoms. The number of anilines is 2. The van der Waals surface area contributed by atoms with Crippen molar-refractivity contribution in [2.24, 2.45) is 0 Å². The third-order valence-corrected chi connectivity index (χ3v) is 4.81. The van der Waals surface area contributed by atoms with E-state index in [0.29, 0.717) is 24.5 Å². The van der Waals surface area contributed by atoms with Gasteiger partial charge < -0.3 is 19.4 Å². The highest BCUT2D eigenvalue weighted by Gasteiger charge is 2.29. The third kappa shape index (κ3) is 3.52. The molecule has 0 bridgehead atoms. The molecule has 1 aromatic rings. The Labute approximate surface area is 142 Å². The Morgan fingerprint density at radius 2 is 1.62 bits per heavy atom. The van der Waals surface area contributed by atoms with Gasteiger partial charge in [0, 0.05) is 32.7 Å². The molecule has 0 aromatic carbocycles. The van der Waals surface area contributed by atoms with Crippen LogP contribution in [-0.4, -0.2) is 72.1 Å². The van der Waals surface area contributed by atoms with Crippen LogP contribution < -0.4 is 14.5 Å². The first kappa shape index (κ1) is 16.7. The Morgan fingerprint density at radius 1 is 1.00 bits per heavy atom. The van der Waals surface area contributed by atoms with Crippen LogP contribution in [0, 0.1) is 0 Å². The molecule has 8 nitrogen and oxygen atoms in total. The van der Waals surface area contributed by atoms with Crippen LogP contribution in [0.25, 0.3) is 0 Å². The molecule has 2 aliphatic rings. The van der Waals surface area contributed by atoms with Crippen molar-refractivity contribution in [2.75, 3.05) is 50.1 Å². The van der Waals surface area contributed by atoms with E-state index in [1.807, 2.05) is 18.9 Å². The lowest BCUT2D eigenvalue weighted by Gasteiger charge is -2.37. The molecule has 0 saturated carbocycles. The summed E-state index contributed by atoms with van der Waals surface area (Å²) < 4.78 is 5.27. The maximum Gasteiger partial charge on any atom is 0.322 e. The largest absolute Gasteiger partial charge is 0.467 e. The zero-order valence-corrected chi connectivity index (χ0v) is 14.7. The Bertz CT molecular complexity index is 588. The molecule has 3 rings (SSSR count). The van der Waals surface area contributed by atoms with E-state index >= 15 is 0 Å². The number of nitrogens with zero attached hydrogens (tertiary/aromatic N) is 6. The molecular formula is C16H26N6O2. The van der Waals surface area contributed by atoms with Crippen molar-refractivity contribution in [3.63, 3.8) is 0 Å². The highest BCUT2D eigenvalue weighted by Crippen LogP contribution is 2.22. The minimum Gasteiger partial charge on any atom is -0.467 e. The number of hydrogen-bond acceptors (Lipinski definition) is 7. The first-order valence-electron chi connectivity index (χ1n) is 8.64. The lowest BCUT2D eigenvalue weighted by molar-refractivity contribution is -0.131. The van der Waals surface area contributed by atoms with Gasteiger partial charge in [0.25, 0.3) is 0 Å². The molecule has 2 saturated heterocycles. The van der Waals surface area contributed by atoms with Crippen molar-refractivity contribution in [3.8, 4) is 6.01 Å². The first-order valence-corrected chi connectivity index (χ1v) is 8.64. The third-order valence-electron chi connectivity index (χ3n) is 4.81. The smallest absolute Gasteiger partial charge is 0.322 e. The summed E-state index contributed by atoms with van der Waals surface area (Å²) >= 11 is 0. The van der Waals surface area contributed by atoms with E-state index in [9.17, 15) is 4.79 Å². The molecule has 1 aromatic heterocycles. The van der Waals surface area contributed by atoms with Crippen molar-refractivity contribution < 1.29 is 9.53 Å². The second-order valence-corrected chi connectivity index (χ2v) is 6.56. The van der Waals surface area contributed by atoms with Gasteiger partial charge in [-0.25, -0.2) is 0 Å². The van der Waals surface area contributed by atoms with Gasteiger partial charge in [-0.1, -0.05) is 12.8 Å². The van der Waals surface area contributed by atoms with Gasteiger partial charge >= 0.3 is 6.01 Å². The van der Waals surface area contributed by atoms with Gasteiger partial charge in [0.05, 0.1) is 7.11 Å². The van der Waals surface area contributed by atoms with Crippen molar-refractivity contribution in [1.29, 1.82) is 0 Å². The highest BCUT2D eigenvalue weighted by atomic mass is 16.5. The van der Waals surface area contributed by atoms with E-state index in [2.05, 4.69) is 19.9 Å². The molecular weight excluding hydrogens is 308 g/mol. The molecule has 0 radical (unpaired) electrons. The van der Waals surface area contributed by atoms with Gasteiger partial charge in [0.2, 0.25) is 17.8 Å². The fourth-order valence-corrected chi connectivity index (χ4v) is 3.16. The van der Waals surface area contributed by atoms with Crippen molar-refractivity contribution in [2.45, 2.75) is 38.6 Å². The lowest BCUT2D eigenvalue weighted by atomic mass is 10.2. The number of piperazine rings is 1. The second kappa shape index (κ2) is 7.19. The van der Waals surface area contributed by atoms with Crippen LogP contribution in [0.2, 0.25) is 0 Å². The molecule has 3 heterocycles. The Balaban J connectivity index is 1.87. The molecule has 24 heavy (non-hydrogen) atoms. The topological polar surface area (TPSA) is 74.7 Å². The number of amides is 1. The number of rotatable bonds is 3. The van der Waals surface area contributed by atoms with E-state index in [4.69, 9.17) is 4.74 Å². The number of ether oxygens (including phenoxy) is 1. The summed E-state index contributed by atoms with van der Waals surface area (Å²) in [5.41, 5.74) is 0. The van der Waals surface area contributed by atoms with Gasteiger partial charge in [-0.2, -0.15) is 15.0 Å². The summed E-state index contributed by atoms with van der Waals surface area (Å²) in [4.78, 5) is 31.5. The monoisotopic (exact) mass is 334 g/mol. The molecule has 1 atom stereocenters. The summed E-state index contributed by atoms with van der Waals surface area (Å²) in [6, 6.07) is 0.425. The van der Waals surface area contributed by atoms with Crippen molar-refractivity contribution in [3.05, 3.63) is 0 Å². The number of hydrogen-bond donors (Lipinski definition) is 0. The Morgan fingerprint density at radius 3 is 2.21 bits per heavy atom. The van der Waals surface area contributed by atoms with E-state index < -0.39 is 0 Å². The SMILES string of the molecule is COc1nc(N2CCCCCC2)nc(N2CC(=O)N(C)[C@@H](C)C2)n1. The standard InChI is InChI=1S/C16H26N6O2/c1-12-10-22(11-13(23)20(12)2)15-17-14(18-16(19-15)24-3)21-8-6-4-5-7-9-21/h12H,4-11H2,1-3H3/t12-/m0/s1. The second-order valence-electron chi connectivity index (χ2n) is 6.56. The molecule has 8 heteroatoms. The zero-order valence-electron chi connectivity index (χ0n) is 14.7. The molecule has 0 N–H and O–H groups in total. The quantitative estimate of drug-likeness (QED) is 0.814. The Kier molecular flexibility index (Phi) is 5.01. The Hall–Kier alpha value is -2.12. The minimum absolute atomic E-state index is 0.0736. The number of aromatic nitrogens is 3. The van der Waals surface area contributed by atoms with Crippen LogP contribution in [0.5, 0.6) is 6.01 Å². The predicted octanol–water partition coefficient (Wildman–Crippen LogP) is 0.928. The van der Waals surface area contributed by atoms with Gasteiger partial charge in [0.1, 0.15) is 6.54 Å². The maximum absolute atomic E-state index is 12.1.